The lowest BCUT2D eigenvalue weighted by Gasteiger charge is -2.18. The van der Waals surface area contributed by atoms with Gasteiger partial charge in [-0.05, 0) is 48.2 Å². The third kappa shape index (κ3) is 4.15. The van der Waals surface area contributed by atoms with Gasteiger partial charge in [-0.25, -0.2) is 9.18 Å². The Labute approximate surface area is 154 Å². The molecule has 6 heteroatoms. The van der Waals surface area contributed by atoms with E-state index < -0.39 is 23.8 Å². The molecular formula is C20H16FNO3S. The maximum Gasteiger partial charge on any atom is 0.349 e. The van der Waals surface area contributed by atoms with E-state index in [9.17, 15) is 14.0 Å². The molecule has 1 N–H and O–H groups in total. The second-order valence-corrected chi connectivity index (χ2v) is 6.54. The maximum atomic E-state index is 13.0. The van der Waals surface area contributed by atoms with Gasteiger partial charge < -0.3 is 10.1 Å². The Hall–Kier alpha value is -2.99. The number of ether oxygens (including phenoxy) is 1. The fraction of sp³-hybridized carbons (Fsp3) is 0.100. The van der Waals surface area contributed by atoms with Crippen LogP contribution in [0.15, 0.2) is 66.0 Å². The summed E-state index contributed by atoms with van der Waals surface area (Å²) in [6.07, 6.45) is -1.12. The number of nitrogens with one attached hydrogen (secondary N) is 1. The highest BCUT2D eigenvalue weighted by atomic mass is 32.1. The average molecular weight is 369 g/mol. The molecule has 26 heavy (non-hydrogen) atoms. The van der Waals surface area contributed by atoms with E-state index in [4.69, 9.17) is 4.74 Å². The van der Waals surface area contributed by atoms with Crippen molar-refractivity contribution in [3.8, 4) is 0 Å². The Bertz CT molecular complexity index is 906. The number of aryl methyl sites for hydroxylation is 1. The summed E-state index contributed by atoms with van der Waals surface area (Å²) in [5.41, 5.74) is 1.76. The molecule has 2 aromatic carbocycles. The number of amides is 1. The van der Waals surface area contributed by atoms with Gasteiger partial charge in [0.25, 0.3) is 5.91 Å². The van der Waals surface area contributed by atoms with E-state index in [2.05, 4.69) is 5.32 Å². The van der Waals surface area contributed by atoms with E-state index in [1.807, 2.05) is 19.1 Å². The van der Waals surface area contributed by atoms with Gasteiger partial charge in [0.05, 0.1) is 0 Å². The Morgan fingerprint density at radius 1 is 1.04 bits per heavy atom. The quantitative estimate of drug-likeness (QED) is 0.662. The zero-order valence-electron chi connectivity index (χ0n) is 13.9. The summed E-state index contributed by atoms with van der Waals surface area (Å²) in [6, 6.07) is 16.0. The molecule has 4 nitrogen and oxygen atoms in total. The van der Waals surface area contributed by atoms with Crippen LogP contribution in [0, 0.1) is 12.7 Å². The van der Waals surface area contributed by atoms with Crippen molar-refractivity contribution in [2.45, 2.75) is 13.0 Å². The van der Waals surface area contributed by atoms with E-state index >= 15 is 0 Å². The third-order valence-corrected chi connectivity index (χ3v) is 4.72. The van der Waals surface area contributed by atoms with E-state index in [0.29, 0.717) is 16.1 Å². The lowest BCUT2D eigenvalue weighted by molar-refractivity contribution is -0.125. The lowest BCUT2D eigenvalue weighted by Crippen LogP contribution is -2.25. The maximum absolute atomic E-state index is 13.0. The van der Waals surface area contributed by atoms with Gasteiger partial charge in [-0.15, -0.1) is 11.3 Å². The van der Waals surface area contributed by atoms with Crippen LogP contribution in [-0.4, -0.2) is 11.9 Å². The second kappa shape index (κ2) is 7.93. The van der Waals surface area contributed by atoms with Crippen LogP contribution < -0.4 is 5.32 Å². The first-order valence-electron chi connectivity index (χ1n) is 7.91. The number of halogens is 1. The van der Waals surface area contributed by atoms with E-state index in [0.717, 1.165) is 5.56 Å². The first-order chi connectivity index (χ1) is 12.5. The topological polar surface area (TPSA) is 55.4 Å². The lowest BCUT2D eigenvalue weighted by atomic mass is 10.1. The average Bonchev–Trinajstić information content (AvgIpc) is 3.08. The van der Waals surface area contributed by atoms with Crippen LogP contribution in [0.4, 0.5) is 10.1 Å². The van der Waals surface area contributed by atoms with Crippen molar-refractivity contribution in [3.63, 3.8) is 0 Å². The number of anilines is 1. The number of hydrogen-bond donors (Lipinski definition) is 1. The highest BCUT2D eigenvalue weighted by molar-refractivity contribution is 7.12. The molecule has 132 valence electrons. The van der Waals surface area contributed by atoms with Gasteiger partial charge >= 0.3 is 5.97 Å². The van der Waals surface area contributed by atoms with E-state index in [1.54, 1.807) is 29.6 Å². The molecule has 0 aliphatic rings. The summed E-state index contributed by atoms with van der Waals surface area (Å²) in [7, 11) is 0. The molecule has 0 aliphatic heterocycles. The molecule has 0 radical (unpaired) electrons. The summed E-state index contributed by atoms with van der Waals surface area (Å²) >= 11 is 1.26. The zero-order valence-corrected chi connectivity index (χ0v) is 14.8. The fourth-order valence-corrected chi connectivity index (χ4v) is 3.19. The van der Waals surface area contributed by atoms with Crippen molar-refractivity contribution < 1.29 is 18.7 Å². The van der Waals surface area contributed by atoms with Gasteiger partial charge in [0.2, 0.25) is 6.10 Å². The van der Waals surface area contributed by atoms with Gasteiger partial charge in [0.1, 0.15) is 10.7 Å². The molecule has 0 fully saturated rings. The Morgan fingerprint density at radius 2 is 1.73 bits per heavy atom. The minimum atomic E-state index is -1.12. The molecule has 1 aromatic heterocycles. The van der Waals surface area contributed by atoms with Gasteiger partial charge in [-0.2, -0.15) is 0 Å². The van der Waals surface area contributed by atoms with Crippen LogP contribution >= 0.6 is 11.3 Å². The third-order valence-electron chi connectivity index (χ3n) is 3.72. The first-order valence-corrected chi connectivity index (χ1v) is 8.79. The largest absolute Gasteiger partial charge is 0.443 e. The van der Waals surface area contributed by atoms with Gasteiger partial charge in [0.15, 0.2) is 0 Å². The molecule has 3 rings (SSSR count). The smallest absolute Gasteiger partial charge is 0.349 e. The van der Waals surface area contributed by atoms with Crippen molar-refractivity contribution in [2.75, 3.05) is 5.32 Å². The summed E-state index contributed by atoms with van der Waals surface area (Å²) in [5.74, 6) is -1.46. The second-order valence-electron chi connectivity index (χ2n) is 5.62. The summed E-state index contributed by atoms with van der Waals surface area (Å²) in [4.78, 5) is 25.6. The monoisotopic (exact) mass is 369 g/mol. The van der Waals surface area contributed by atoms with E-state index in [1.165, 1.54) is 35.6 Å². The summed E-state index contributed by atoms with van der Waals surface area (Å²) in [5, 5.41) is 4.45. The van der Waals surface area contributed by atoms with Crippen LogP contribution in [0.1, 0.15) is 26.9 Å². The zero-order chi connectivity index (χ0) is 18.5. The molecule has 0 spiro atoms. The molecule has 3 aromatic rings. The van der Waals surface area contributed by atoms with Crippen molar-refractivity contribution in [1.82, 2.24) is 0 Å². The summed E-state index contributed by atoms with van der Waals surface area (Å²) in [6.45, 7) is 1.81. The SMILES string of the molecule is Cc1ccsc1C(=O)OC(C(=O)Nc1ccc(F)cc1)c1ccccc1. The number of rotatable bonds is 5. The predicted octanol–water partition coefficient (Wildman–Crippen LogP) is 4.73. The predicted molar refractivity (Wildman–Crippen MR) is 98.7 cm³/mol. The molecule has 1 amide bonds. The van der Waals surface area contributed by atoms with E-state index in [-0.39, 0.29) is 0 Å². The van der Waals surface area contributed by atoms with Crippen molar-refractivity contribution in [3.05, 3.63) is 87.9 Å². The Morgan fingerprint density at radius 3 is 2.35 bits per heavy atom. The molecule has 1 heterocycles. The van der Waals surface area contributed by atoms with Crippen LogP contribution in [0.25, 0.3) is 0 Å². The highest BCUT2D eigenvalue weighted by Gasteiger charge is 2.26. The molecule has 0 bridgehead atoms. The van der Waals surface area contributed by atoms with Crippen LogP contribution in [0.2, 0.25) is 0 Å². The minimum Gasteiger partial charge on any atom is -0.443 e. The standard InChI is InChI=1S/C20H16FNO3S/c1-13-11-12-26-18(13)20(24)25-17(14-5-3-2-4-6-14)19(23)22-16-9-7-15(21)8-10-16/h2-12,17H,1H3,(H,22,23). The van der Waals surface area contributed by atoms with Crippen LogP contribution in [-0.2, 0) is 9.53 Å². The van der Waals surface area contributed by atoms with Gasteiger partial charge in [-0.3, -0.25) is 4.79 Å². The highest BCUT2D eigenvalue weighted by Crippen LogP contribution is 2.24. The Balaban J connectivity index is 1.83. The fourth-order valence-electron chi connectivity index (χ4n) is 2.38. The van der Waals surface area contributed by atoms with Crippen molar-refractivity contribution >= 4 is 28.9 Å². The van der Waals surface area contributed by atoms with Crippen molar-refractivity contribution in [1.29, 1.82) is 0 Å². The Kier molecular flexibility index (Phi) is 5.43. The number of carbonyl (C=O) groups is 2. The molecule has 1 unspecified atom stereocenters. The molecule has 0 saturated carbocycles. The van der Waals surface area contributed by atoms with Crippen molar-refractivity contribution in [2.24, 2.45) is 0 Å². The number of benzene rings is 2. The van der Waals surface area contributed by atoms with Gasteiger partial charge in [-0.1, -0.05) is 30.3 Å². The summed E-state index contributed by atoms with van der Waals surface area (Å²) < 4.78 is 18.5. The molecular weight excluding hydrogens is 353 g/mol. The molecule has 0 aliphatic carbocycles. The molecule has 0 saturated heterocycles. The first kappa shape index (κ1) is 17.8. The van der Waals surface area contributed by atoms with Crippen LogP contribution in [0.3, 0.4) is 0 Å². The molecule has 1 atom stereocenters. The number of carbonyl (C=O) groups excluding carboxylic acids is 2. The number of thiophene rings is 1. The minimum absolute atomic E-state index is 0.401. The van der Waals surface area contributed by atoms with Crippen LogP contribution in [0.5, 0.6) is 0 Å². The van der Waals surface area contributed by atoms with Gasteiger partial charge in [0, 0.05) is 11.3 Å². The normalized spacial score (nSPS) is 11.6. The number of hydrogen-bond acceptors (Lipinski definition) is 4. The number of esters is 1.